The van der Waals surface area contributed by atoms with Crippen molar-refractivity contribution in [2.45, 2.75) is 142 Å². The summed E-state index contributed by atoms with van der Waals surface area (Å²) in [5.74, 6) is 0. The molecule has 2 unspecified atom stereocenters. The zero-order valence-corrected chi connectivity index (χ0v) is 25.4. The summed E-state index contributed by atoms with van der Waals surface area (Å²) in [5.41, 5.74) is 1.20. The molecule has 7 heteroatoms. The van der Waals surface area contributed by atoms with E-state index in [4.69, 9.17) is 4.74 Å². The molecule has 0 spiro atoms. The molecule has 2 aromatic rings. The zero-order chi connectivity index (χ0) is 29.7. The number of rotatable bonds is 24. The van der Waals surface area contributed by atoms with Crippen LogP contribution in [-0.4, -0.2) is 9.85 Å². The fraction of sp³-hybridized carbons (Fsp3) is 0.647. The van der Waals surface area contributed by atoms with E-state index >= 15 is 0 Å². The van der Waals surface area contributed by atoms with Crippen LogP contribution in [0.3, 0.4) is 0 Å². The van der Waals surface area contributed by atoms with Gasteiger partial charge in [0.2, 0.25) is 0 Å². The lowest BCUT2D eigenvalue weighted by Crippen LogP contribution is -2.14. The van der Waals surface area contributed by atoms with Crippen molar-refractivity contribution in [3.05, 3.63) is 79.9 Å². The number of ether oxygens (including phenoxy) is 1. The average molecular weight is 569 g/mol. The molecule has 0 bridgehead atoms. The summed E-state index contributed by atoms with van der Waals surface area (Å²) >= 11 is 0. The lowest BCUT2D eigenvalue weighted by molar-refractivity contribution is -0.387. The molecule has 0 aliphatic heterocycles. The third-order valence-electron chi connectivity index (χ3n) is 7.93. The van der Waals surface area contributed by atoms with E-state index in [1.165, 1.54) is 76.3 Å². The Balaban J connectivity index is 2.18. The van der Waals surface area contributed by atoms with Crippen molar-refractivity contribution < 1.29 is 14.6 Å². The van der Waals surface area contributed by atoms with Crippen molar-refractivity contribution in [3.63, 3.8) is 0 Å². The molecule has 0 aliphatic carbocycles. The van der Waals surface area contributed by atoms with Crippen molar-refractivity contribution >= 4 is 11.4 Å². The van der Waals surface area contributed by atoms with Gasteiger partial charge in [-0.1, -0.05) is 141 Å². The highest BCUT2D eigenvalue weighted by molar-refractivity contribution is 5.43. The van der Waals surface area contributed by atoms with Crippen LogP contribution in [0.5, 0.6) is 0 Å². The minimum Gasteiger partial charge on any atom is -0.365 e. The van der Waals surface area contributed by atoms with Crippen molar-refractivity contribution in [1.29, 1.82) is 0 Å². The molecule has 228 valence electrons. The minimum absolute atomic E-state index is 0.0467. The monoisotopic (exact) mass is 568 g/mol. The van der Waals surface area contributed by atoms with E-state index in [0.29, 0.717) is 24.0 Å². The van der Waals surface area contributed by atoms with Gasteiger partial charge in [0.25, 0.3) is 11.4 Å². The lowest BCUT2D eigenvalue weighted by atomic mass is 9.97. The summed E-state index contributed by atoms with van der Waals surface area (Å²) in [6.07, 6.45) is 18.9. The predicted molar refractivity (Wildman–Crippen MR) is 167 cm³/mol. The first-order valence-electron chi connectivity index (χ1n) is 16.1. The van der Waals surface area contributed by atoms with Gasteiger partial charge in [-0.25, -0.2) is 0 Å². The Morgan fingerprint density at radius 3 is 1.20 bits per heavy atom. The highest BCUT2D eigenvalue weighted by Gasteiger charge is 2.29. The van der Waals surface area contributed by atoms with Gasteiger partial charge in [-0.2, -0.15) is 0 Å². The van der Waals surface area contributed by atoms with E-state index < -0.39 is 12.2 Å². The minimum atomic E-state index is -0.504. The molecule has 0 N–H and O–H groups in total. The quantitative estimate of drug-likeness (QED) is 0.0713. The van der Waals surface area contributed by atoms with Gasteiger partial charge in [0, 0.05) is 12.1 Å². The van der Waals surface area contributed by atoms with Crippen molar-refractivity contribution in [3.8, 4) is 0 Å². The van der Waals surface area contributed by atoms with Gasteiger partial charge < -0.3 is 4.74 Å². The molecular weight excluding hydrogens is 516 g/mol. The van der Waals surface area contributed by atoms with Crippen LogP contribution in [0.25, 0.3) is 0 Å². The van der Waals surface area contributed by atoms with E-state index in [0.717, 1.165) is 38.5 Å². The number of nitro benzene ring substituents is 2. The Morgan fingerprint density at radius 1 is 0.537 bits per heavy atom. The van der Waals surface area contributed by atoms with Crippen molar-refractivity contribution in [2.24, 2.45) is 0 Å². The smallest absolute Gasteiger partial charge is 0.275 e. The number of unbranched alkanes of at least 4 members (excludes halogenated alkanes) is 14. The van der Waals surface area contributed by atoms with E-state index in [1.807, 2.05) is 12.1 Å². The molecule has 7 nitrogen and oxygen atoms in total. The fourth-order valence-corrected chi connectivity index (χ4v) is 5.57. The summed E-state index contributed by atoms with van der Waals surface area (Å²) in [6.45, 7) is 4.43. The highest BCUT2D eigenvalue weighted by Crippen LogP contribution is 2.39. The molecule has 2 atom stereocenters. The number of nitrogens with zero attached hydrogens (tertiary/aromatic N) is 2. The maximum atomic E-state index is 11.9. The maximum absolute atomic E-state index is 11.9. The fourth-order valence-electron chi connectivity index (χ4n) is 5.57. The SMILES string of the molecule is CCCCCCCCCCC(OC(CCCCCCCCCC)c1ccccc1[N+](=O)[O-])c1ccccc1[N+](=O)[O-]. The third-order valence-corrected chi connectivity index (χ3v) is 7.93. The largest absolute Gasteiger partial charge is 0.365 e. The molecular formula is C34H52N2O5. The van der Waals surface area contributed by atoms with Crippen LogP contribution < -0.4 is 0 Å². The van der Waals surface area contributed by atoms with Crippen LogP contribution in [0, 0.1) is 20.2 Å². The Labute approximate surface area is 247 Å². The molecule has 0 aromatic heterocycles. The summed E-state index contributed by atoms with van der Waals surface area (Å²) in [5, 5.41) is 23.9. The molecule has 0 saturated heterocycles. The topological polar surface area (TPSA) is 95.5 Å². The lowest BCUT2D eigenvalue weighted by Gasteiger charge is -2.26. The molecule has 0 fully saturated rings. The molecule has 0 heterocycles. The second-order valence-corrected chi connectivity index (χ2v) is 11.3. The van der Waals surface area contributed by atoms with E-state index in [1.54, 1.807) is 24.3 Å². The number of hydrogen-bond donors (Lipinski definition) is 0. The zero-order valence-electron chi connectivity index (χ0n) is 25.4. The number of benzene rings is 2. The molecule has 0 amide bonds. The molecule has 2 aromatic carbocycles. The summed E-state index contributed by atoms with van der Waals surface area (Å²) < 4.78 is 6.71. The predicted octanol–water partition coefficient (Wildman–Crippen LogP) is 11.4. The van der Waals surface area contributed by atoms with Crippen molar-refractivity contribution in [2.75, 3.05) is 0 Å². The van der Waals surface area contributed by atoms with Gasteiger partial charge in [0.1, 0.15) is 0 Å². The Morgan fingerprint density at radius 2 is 0.854 bits per heavy atom. The normalized spacial score (nSPS) is 12.7. The number of para-hydroxylation sites is 2. The Bertz CT molecular complexity index is 933. The average Bonchev–Trinajstić information content (AvgIpc) is 2.98. The summed E-state index contributed by atoms with van der Waals surface area (Å²) in [7, 11) is 0. The van der Waals surface area contributed by atoms with E-state index in [-0.39, 0.29) is 21.2 Å². The molecule has 0 saturated carbocycles. The van der Waals surface area contributed by atoms with Gasteiger partial charge in [-0.15, -0.1) is 0 Å². The number of hydrogen-bond acceptors (Lipinski definition) is 5. The third kappa shape index (κ3) is 13.2. The Hall–Kier alpha value is -2.80. The molecule has 0 aliphatic rings. The second-order valence-electron chi connectivity index (χ2n) is 11.3. The summed E-state index contributed by atoms with van der Waals surface area (Å²) in [6, 6.07) is 13.6. The van der Waals surface area contributed by atoms with Crippen LogP contribution in [0.2, 0.25) is 0 Å². The maximum Gasteiger partial charge on any atom is 0.275 e. The second kappa shape index (κ2) is 21.0. The first-order valence-corrected chi connectivity index (χ1v) is 16.1. The van der Waals surface area contributed by atoms with Gasteiger partial charge in [0.15, 0.2) is 0 Å². The number of nitro groups is 2. The summed E-state index contributed by atoms with van der Waals surface area (Å²) in [4.78, 5) is 23.2. The van der Waals surface area contributed by atoms with Crippen LogP contribution in [-0.2, 0) is 4.74 Å². The molecule has 2 rings (SSSR count). The van der Waals surface area contributed by atoms with Gasteiger partial charge >= 0.3 is 0 Å². The van der Waals surface area contributed by atoms with Crippen LogP contribution in [0.15, 0.2) is 48.5 Å². The van der Waals surface area contributed by atoms with Crippen LogP contribution in [0.4, 0.5) is 11.4 Å². The van der Waals surface area contributed by atoms with E-state index in [2.05, 4.69) is 13.8 Å². The molecule has 0 radical (unpaired) electrons. The van der Waals surface area contributed by atoms with Crippen molar-refractivity contribution in [1.82, 2.24) is 0 Å². The standard InChI is InChI=1S/C34H52N2O5/c1-3-5-7-9-11-13-15-17-27-33(29-23-19-21-25-31(29)35(37)38)41-34(28-18-16-14-12-10-8-6-4-2)30-24-20-22-26-32(30)36(39)40/h19-26,33-34H,3-18,27-28H2,1-2H3. The van der Waals surface area contributed by atoms with Gasteiger partial charge in [-0.05, 0) is 25.0 Å². The van der Waals surface area contributed by atoms with Crippen LogP contribution >= 0.6 is 0 Å². The highest BCUT2D eigenvalue weighted by atomic mass is 16.6. The van der Waals surface area contributed by atoms with Gasteiger partial charge in [0.05, 0.1) is 33.2 Å². The first-order chi connectivity index (χ1) is 20.0. The first kappa shape index (κ1) is 34.4. The van der Waals surface area contributed by atoms with Gasteiger partial charge in [-0.3, -0.25) is 20.2 Å². The van der Waals surface area contributed by atoms with E-state index in [9.17, 15) is 20.2 Å². The Kier molecular flexibility index (Phi) is 17.6. The van der Waals surface area contributed by atoms with Crippen LogP contribution in [0.1, 0.15) is 153 Å². The molecule has 41 heavy (non-hydrogen) atoms.